The van der Waals surface area contributed by atoms with E-state index in [1.165, 1.54) is 6.04 Å². The summed E-state index contributed by atoms with van der Waals surface area (Å²) in [6, 6.07) is 3.37. The van der Waals surface area contributed by atoms with Crippen LogP contribution in [0, 0.1) is 11.3 Å². The molecule has 1 unspecified atom stereocenters. The van der Waals surface area contributed by atoms with E-state index in [2.05, 4.69) is 27.9 Å². The lowest BCUT2D eigenvalue weighted by atomic mass is 10.4. The van der Waals surface area contributed by atoms with Crippen LogP contribution in [0.1, 0.15) is 12.8 Å². The quantitative estimate of drug-likeness (QED) is 0.381. The molecule has 0 amide bonds. The summed E-state index contributed by atoms with van der Waals surface area (Å²) in [4.78, 5) is 0. The predicted octanol–water partition coefficient (Wildman–Crippen LogP) is 2.04. The normalized spacial score (nSPS) is 12.6. The maximum atomic E-state index is 8.13. The second-order valence-electron chi connectivity index (χ2n) is 1.83. The summed E-state index contributed by atoms with van der Waals surface area (Å²) in [5.41, 5.74) is 0. The van der Waals surface area contributed by atoms with Gasteiger partial charge in [-0.25, -0.2) is 0 Å². The smallest absolute Gasteiger partial charge is 0.111 e. The highest BCUT2D eigenvalue weighted by Gasteiger charge is 1.95. The number of halogens is 1. The number of nitrogens with zero attached hydrogens (tertiary/aromatic N) is 1. The Morgan fingerprint density at radius 2 is 2.38 bits per heavy atom. The van der Waals surface area contributed by atoms with Crippen molar-refractivity contribution < 1.29 is 0 Å². The van der Waals surface area contributed by atoms with E-state index < -0.39 is 7.42 Å². The van der Waals surface area contributed by atoms with E-state index in [1.54, 1.807) is 0 Å². The fraction of sp³-hybridized carbons (Fsp3) is 0.800. The first kappa shape index (κ1) is 8.19. The molecule has 0 aromatic rings. The van der Waals surface area contributed by atoms with E-state index in [4.69, 9.17) is 5.26 Å². The highest BCUT2D eigenvalue weighted by atomic mass is 79.9. The monoisotopic (exact) mass is 191 g/mol. The lowest BCUT2D eigenvalue weighted by Crippen LogP contribution is -1.92. The van der Waals surface area contributed by atoms with Crippen LogP contribution in [0.4, 0.5) is 0 Å². The fourth-order valence-corrected chi connectivity index (χ4v) is 2.20. The minimum atomic E-state index is -0.541. The molecule has 0 bridgehead atoms. The number of hydrogen-bond acceptors (Lipinski definition) is 1. The molecule has 0 fully saturated rings. The van der Waals surface area contributed by atoms with Gasteiger partial charge in [0.1, 0.15) is 7.42 Å². The van der Waals surface area contributed by atoms with Crippen LogP contribution in [0.5, 0.6) is 0 Å². The minimum Gasteiger partial charge on any atom is -0.198 e. The first-order valence-corrected chi connectivity index (χ1v) is 7.94. The molecule has 0 aliphatic carbocycles. The van der Waals surface area contributed by atoms with Crippen molar-refractivity contribution in [3.63, 3.8) is 0 Å². The maximum Gasteiger partial charge on any atom is 0.111 e. The third kappa shape index (κ3) is 6.19. The molecule has 0 aromatic carbocycles. The van der Waals surface area contributed by atoms with Crippen molar-refractivity contribution in [1.29, 1.82) is 5.26 Å². The Kier molecular flexibility index (Phi) is 5.45. The summed E-state index contributed by atoms with van der Waals surface area (Å²) in [7, 11) is -0.541. The molecule has 1 nitrogen and oxygen atoms in total. The van der Waals surface area contributed by atoms with E-state index in [0.29, 0.717) is 0 Å². The first-order chi connectivity index (χ1) is 3.77. The van der Waals surface area contributed by atoms with Crippen LogP contribution < -0.4 is 0 Å². The van der Waals surface area contributed by atoms with Crippen LogP contribution in [0.25, 0.3) is 0 Å². The van der Waals surface area contributed by atoms with Crippen molar-refractivity contribution in [3.05, 3.63) is 0 Å². The molecule has 0 heterocycles. The van der Waals surface area contributed by atoms with E-state index in [0.717, 1.165) is 12.8 Å². The molecule has 0 spiro atoms. The highest BCUT2D eigenvalue weighted by molar-refractivity contribution is 9.24. The van der Waals surface area contributed by atoms with Crippen molar-refractivity contribution in [2.24, 2.45) is 0 Å². The van der Waals surface area contributed by atoms with Gasteiger partial charge in [-0.1, -0.05) is 6.55 Å². The Morgan fingerprint density at radius 1 is 1.75 bits per heavy atom. The molecule has 0 aliphatic heterocycles. The SMILES string of the molecule is C[SiH](Br)CCCC#N. The molecular formula is C5H10BrNSi. The predicted molar refractivity (Wildman–Crippen MR) is 41.6 cm³/mol. The Hall–Kier alpha value is 0.187. The molecule has 0 aromatic heterocycles. The van der Waals surface area contributed by atoms with E-state index in [-0.39, 0.29) is 0 Å². The van der Waals surface area contributed by atoms with Gasteiger partial charge in [0.25, 0.3) is 0 Å². The summed E-state index contributed by atoms with van der Waals surface area (Å²) in [5.74, 6) is 0. The van der Waals surface area contributed by atoms with Crippen LogP contribution in [0.15, 0.2) is 0 Å². The molecule has 8 heavy (non-hydrogen) atoms. The molecule has 0 rings (SSSR count). The molecule has 46 valence electrons. The lowest BCUT2D eigenvalue weighted by Gasteiger charge is -1.93. The Balaban J connectivity index is 2.85. The Morgan fingerprint density at radius 3 is 2.75 bits per heavy atom. The van der Waals surface area contributed by atoms with Crippen LogP contribution in [0.3, 0.4) is 0 Å². The Labute approximate surface area is 59.9 Å². The Bertz CT molecular complexity index is 86.9. The molecule has 0 N–H and O–H groups in total. The highest BCUT2D eigenvalue weighted by Crippen LogP contribution is 2.04. The fourth-order valence-electron chi connectivity index (χ4n) is 0.462. The van der Waals surface area contributed by atoms with Gasteiger partial charge in [0.2, 0.25) is 0 Å². The summed E-state index contributed by atoms with van der Waals surface area (Å²) >= 11 is 3.53. The van der Waals surface area contributed by atoms with Crippen LogP contribution in [0.2, 0.25) is 12.6 Å². The number of nitriles is 1. The number of rotatable bonds is 3. The molecule has 3 heteroatoms. The van der Waals surface area contributed by atoms with Gasteiger partial charge in [-0.15, -0.1) is 15.3 Å². The van der Waals surface area contributed by atoms with Crippen molar-refractivity contribution >= 4 is 22.7 Å². The lowest BCUT2D eigenvalue weighted by molar-refractivity contribution is 0.959. The third-order valence-electron chi connectivity index (χ3n) is 0.890. The van der Waals surface area contributed by atoms with E-state index in [1.807, 2.05) is 0 Å². The summed E-state index contributed by atoms with van der Waals surface area (Å²) in [6.45, 7) is 2.23. The molecule has 0 saturated heterocycles. The van der Waals surface area contributed by atoms with Gasteiger partial charge in [0, 0.05) is 6.42 Å². The number of hydrogen-bond donors (Lipinski definition) is 0. The third-order valence-corrected chi connectivity index (χ3v) is 3.47. The van der Waals surface area contributed by atoms with Gasteiger partial charge in [0.15, 0.2) is 0 Å². The van der Waals surface area contributed by atoms with Gasteiger partial charge >= 0.3 is 0 Å². The topological polar surface area (TPSA) is 23.8 Å². The molecule has 0 saturated carbocycles. The minimum absolute atomic E-state index is 0.541. The van der Waals surface area contributed by atoms with Gasteiger partial charge in [-0.3, -0.25) is 0 Å². The first-order valence-electron chi connectivity index (χ1n) is 2.78. The van der Waals surface area contributed by atoms with E-state index >= 15 is 0 Å². The molecule has 0 aliphatic rings. The maximum absolute atomic E-state index is 8.13. The van der Waals surface area contributed by atoms with Gasteiger partial charge in [-0.05, 0) is 12.5 Å². The molecule has 1 atom stereocenters. The molecule has 0 radical (unpaired) electrons. The van der Waals surface area contributed by atoms with Crippen molar-refractivity contribution in [2.45, 2.75) is 25.4 Å². The zero-order chi connectivity index (χ0) is 6.41. The standard InChI is InChI=1S/C5H10BrNSi/c1-8(6)5-3-2-4-7/h8H,2-3,5H2,1H3. The average Bonchev–Trinajstić information content (AvgIpc) is 1.66. The average molecular weight is 192 g/mol. The van der Waals surface area contributed by atoms with Crippen LogP contribution in [-0.4, -0.2) is 7.42 Å². The molecular weight excluding hydrogens is 182 g/mol. The van der Waals surface area contributed by atoms with Crippen LogP contribution in [-0.2, 0) is 0 Å². The van der Waals surface area contributed by atoms with Gasteiger partial charge in [0.05, 0.1) is 6.07 Å². The van der Waals surface area contributed by atoms with Gasteiger partial charge < -0.3 is 0 Å². The zero-order valence-electron chi connectivity index (χ0n) is 5.02. The largest absolute Gasteiger partial charge is 0.198 e. The van der Waals surface area contributed by atoms with Crippen molar-refractivity contribution in [2.75, 3.05) is 0 Å². The summed E-state index contributed by atoms with van der Waals surface area (Å²) in [6.07, 6.45) is 1.80. The van der Waals surface area contributed by atoms with Crippen molar-refractivity contribution in [1.82, 2.24) is 0 Å². The van der Waals surface area contributed by atoms with E-state index in [9.17, 15) is 0 Å². The second-order valence-corrected chi connectivity index (χ2v) is 8.66. The van der Waals surface area contributed by atoms with Crippen molar-refractivity contribution in [3.8, 4) is 6.07 Å². The zero-order valence-corrected chi connectivity index (χ0v) is 7.76. The van der Waals surface area contributed by atoms with Crippen LogP contribution >= 0.6 is 15.3 Å². The number of unbranched alkanes of at least 4 members (excludes halogenated alkanes) is 1. The van der Waals surface area contributed by atoms with Gasteiger partial charge in [-0.2, -0.15) is 5.26 Å². The summed E-state index contributed by atoms with van der Waals surface area (Å²) < 4.78 is 0. The summed E-state index contributed by atoms with van der Waals surface area (Å²) in [5, 5.41) is 8.13. The second kappa shape index (κ2) is 5.33.